The first-order chi connectivity index (χ1) is 5.84. The Kier molecular flexibility index (Phi) is 4.46. The third-order valence-electron chi connectivity index (χ3n) is 1.57. The molecule has 5 heteroatoms. The largest absolute Gasteiger partial charge is 0.304 e. The van der Waals surface area contributed by atoms with Gasteiger partial charge in [0.05, 0.1) is 0 Å². The number of hydrogen-bond acceptors (Lipinski definition) is 3. The molecule has 1 heterocycles. The van der Waals surface area contributed by atoms with E-state index in [4.69, 9.17) is 11.6 Å². The van der Waals surface area contributed by atoms with Gasteiger partial charge >= 0.3 is 0 Å². The van der Waals surface area contributed by atoms with Gasteiger partial charge in [-0.05, 0) is 36.5 Å². The monoisotopic (exact) mass is 205 g/mol. The van der Waals surface area contributed by atoms with Gasteiger partial charge in [-0.2, -0.15) is 11.8 Å². The number of aromatic nitrogens is 3. The van der Waals surface area contributed by atoms with Gasteiger partial charge in [0, 0.05) is 6.54 Å². The second kappa shape index (κ2) is 5.43. The van der Waals surface area contributed by atoms with E-state index in [0.717, 1.165) is 13.0 Å². The lowest BCUT2D eigenvalue weighted by Gasteiger charge is -2.00. The summed E-state index contributed by atoms with van der Waals surface area (Å²) in [7, 11) is 0. The van der Waals surface area contributed by atoms with Crippen LogP contribution in [0.2, 0.25) is 5.28 Å². The summed E-state index contributed by atoms with van der Waals surface area (Å²) in [5, 5.41) is 7.87. The summed E-state index contributed by atoms with van der Waals surface area (Å²) >= 11 is 7.61. The van der Waals surface area contributed by atoms with Crippen molar-refractivity contribution in [2.45, 2.75) is 19.4 Å². The van der Waals surface area contributed by atoms with Crippen molar-refractivity contribution in [3.63, 3.8) is 0 Å². The highest BCUT2D eigenvalue weighted by Gasteiger charge is 1.98. The van der Waals surface area contributed by atoms with Crippen LogP contribution in [0.25, 0.3) is 0 Å². The lowest BCUT2D eigenvalue weighted by Crippen LogP contribution is -1.96. The van der Waals surface area contributed by atoms with Crippen molar-refractivity contribution in [1.82, 2.24) is 14.8 Å². The smallest absolute Gasteiger partial charge is 0.224 e. The molecule has 3 nitrogen and oxygen atoms in total. The van der Waals surface area contributed by atoms with Crippen molar-refractivity contribution in [3.8, 4) is 0 Å². The van der Waals surface area contributed by atoms with Crippen LogP contribution < -0.4 is 0 Å². The van der Waals surface area contributed by atoms with Gasteiger partial charge in [0.15, 0.2) is 0 Å². The second-order valence-corrected chi connectivity index (χ2v) is 3.82. The van der Waals surface area contributed by atoms with E-state index in [1.54, 1.807) is 6.33 Å². The molecule has 1 aromatic rings. The standard InChI is InChI=1S/C7H12ClN3S/c1-12-5-3-2-4-11-6-9-10-7(11)8/h6H,2-5H2,1H3. The predicted molar refractivity (Wildman–Crippen MR) is 52.6 cm³/mol. The van der Waals surface area contributed by atoms with Crippen LogP contribution in [0.15, 0.2) is 6.33 Å². The van der Waals surface area contributed by atoms with Gasteiger partial charge in [-0.3, -0.25) is 0 Å². The fourth-order valence-electron chi connectivity index (χ4n) is 0.919. The Bertz CT molecular complexity index is 226. The zero-order valence-electron chi connectivity index (χ0n) is 7.03. The van der Waals surface area contributed by atoms with Crippen LogP contribution in [0, 0.1) is 0 Å². The summed E-state index contributed by atoms with van der Waals surface area (Å²) in [6.45, 7) is 0.923. The lowest BCUT2D eigenvalue weighted by molar-refractivity contribution is 0.633. The maximum absolute atomic E-state index is 5.74. The van der Waals surface area contributed by atoms with E-state index in [0.29, 0.717) is 5.28 Å². The summed E-state index contributed by atoms with van der Waals surface area (Å²) in [4.78, 5) is 0. The normalized spacial score (nSPS) is 10.5. The maximum atomic E-state index is 5.74. The molecule has 0 aromatic carbocycles. The summed E-state index contributed by atoms with van der Waals surface area (Å²) in [6.07, 6.45) is 6.14. The average Bonchev–Trinajstić information content (AvgIpc) is 2.46. The minimum atomic E-state index is 0.485. The van der Waals surface area contributed by atoms with E-state index in [9.17, 15) is 0 Å². The summed E-state index contributed by atoms with van der Waals surface area (Å²) < 4.78 is 1.86. The van der Waals surface area contributed by atoms with Crippen LogP contribution in [-0.2, 0) is 6.54 Å². The number of halogens is 1. The minimum absolute atomic E-state index is 0.485. The average molecular weight is 206 g/mol. The van der Waals surface area contributed by atoms with E-state index in [1.165, 1.54) is 12.2 Å². The van der Waals surface area contributed by atoms with Gasteiger partial charge in [0.2, 0.25) is 5.28 Å². The Balaban J connectivity index is 2.20. The molecule has 0 fully saturated rings. The number of unbranched alkanes of at least 4 members (excludes halogenated alkanes) is 1. The van der Waals surface area contributed by atoms with Crippen molar-refractivity contribution in [2.75, 3.05) is 12.0 Å². The molecule has 0 spiro atoms. The van der Waals surface area contributed by atoms with Crippen LogP contribution >= 0.6 is 23.4 Å². The topological polar surface area (TPSA) is 30.7 Å². The zero-order chi connectivity index (χ0) is 8.81. The number of nitrogens with zero attached hydrogens (tertiary/aromatic N) is 3. The molecular weight excluding hydrogens is 194 g/mol. The number of thioether (sulfide) groups is 1. The summed E-state index contributed by atoms with van der Waals surface area (Å²) in [5.74, 6) is 1.21. The molecule has 0 radical (unpaired) electrons. The van der Waals surface area contributed by atoms with Crippen LogP contribution in [0.5, 0.6) is 0 Å². The number of rotatable bonds is 5. The SMILES string of the molecule is CSCCCCn1cnnc1Cl. The Labute approximate surface area is 81.5 Å². The van der Waals surface area contributed by atoms with E-state index >= 15 is 0 Å². The molecule has 0 bridgehead atoms. The van der Waals surface area contributed by atoms with Gasteiger partial charge in [0.25, 0.3) is 0 Å². The Morgan fingerprint density at radius 1 is 1.58 bits per heavy atom. The molecule has 0 amide bonds. The Hall–Kier alpha value is -0.220. The maximum Gasteiger partial charge on any atom is 0.224 e. The van der Waals surface area contributed by atoms with Crippen LogP contribution in [-0.4, -0.2) is 26.8 Å². The molecule has 1 rings (SSSR count). The molecule has 0 aliphatic heterocycles. The van der Waals surface area contributed by atoms with E-state index in [2.05, 4.69) is 16.5 Å². The molecule has 0 saturated heterocycles. The molecule has 12 heavy (non-hydrogen) atoms. The Morgan fingerprint density at radius 2 is 2.42 bits per heavy atom. The quantitative estimate of drug-likeness (QED) is 0.690. The van der Waals surface area contributed by atoms with Gasteiger partial charge in [-0.15, -0.1) is 10.2 Å². The second-order valence-electron chi connectivity index (χ2n) is 2.49. The van der Waals surface area contributed by atoms with Crippen LogP contribution in [0.4, 0.5) is 0 Å². The van der Waals surface area contributed by atoms with Crippen LogP contribution in [0.3, 0.4) is 0 Å². The van der Waals surface area contributed by atoms with Gasteiger partial charge in [0.1, 0.15) is 6.33 Å². The highest BCUT2D eigenvalue weighted by Crippen LogP contribution is 2.06. The molecule has 0 aliphatic carbocycles. The first kappa shape index (κ1) is 9.86. The summed E-state index contributed by atoms with van der Waals surface area (Å²) in [6, 6.07) is 0. The highest BCUT2D eigenvalue weighted by molar-refractivity contribution is 7.98. The van der Waals surface area contributed by atoms with E-state index in [-0.39, 0.29) is 0 Å². The third kappa shape index (κ3) is 3.03. The molecule has 1 aromatic heterocycles. The van der Waals surface area contributed by atoms with Gasteiger partial charge < -0.3 is 4.57 Å². The molecule has 0 saturated carbocycles. The van der Waals surface area contributed by atoms with Crippen LogP contribution in [0.1, 0.15) is 12.8 Å². The molecule has 0 aliphatic rings. The van der Waals surface area contributed by atoms with Gasteiger partial charge in [-0.25, -0.2) is 0 Å². The van der Waals surface area contributed by atoms with Crippen molar-refractivity contribution < 1.29 is 0 Å². The summed E-state index contributed by atoms with van der Waals surface area (Å²) in [5.41, 5.74) is 0. The highest BCUT2D eigenvalue weighted by atomic mass is 35.5. The van der Waals surface area contributed by atoms with Crippen molar-refractivity contribution in [1.29, 1.82) is 0 Å². The fourth-order valence-corrected chi connectivity index (χ4v) is 1.58. The van der Waals surface area contributed by atoms with Gasteiger partial charge in [-0.1, -0.05) is 0 Å². The van der Waals surface area contributed by atoms with Crippen molar-refractivity contribution >= 4 is 23.4 Å². The predicted octanol–water partition coefficient (Wildman–Crippen LogP) is 2.07. The van der Waals surface area contributed by atoms with Crippen molar-refractivity contribution in [2.24, 2.45) is 0 Å². The van der Waals surface area contributed by atoms with E-state index < -0.39 is 0 Å². The molecule has 68 valence electrons. The number of hydrogen-bond donors (Lipinski definition) is 0. The molecule has 0 N–H and O–H groups in total. The first-order valence-corrected chi connectivity index (χ1v) is 5.64. The lowest BCUT2D eigenvalue weighted by atomic mass is 10.3. The molecule has 0 unspecified atom stereocenters. The zero-order valence-corrected chi connectivity index (χ0v) is 8.61. The third-order valence-corrected chi connectivity index (χ3v) is 2.56. The fraction of sp³-hybridized carbons (Fsp3) is 0.714. The Morgan fingerprint density at radius 3 is 3.00 bits per heavy atom. The first-order valence-electron chi connectivity index (χ1n) is 3.87. The molecular formula is C7H12ClN3S. The van der Waals surface area contributed by atoms with Crippen molar-refractivity contribution in [3.05, 3.63) is 11.6 Å². The minimum Gasteiger partial charge on any atom is -0.304 e. The van der Waals surface area contributed by atoms with E-state index in [1.807, 2.05) is 16.3 Å². The number of aryl methyl sites for hydroxylation is 1. The molecule has 0 atom stereocenters.